The molecule has 1 heterocycles. The van der Waals surface area contributed by atoms with Gasteiger partial charge in [0.1, 0.15) is 0 Å². The van der Waals surface area contributed by atoms with Crippen molar-refractivity contribution in [3.8, 4) is 0 Å². The summed E-state index contributed by atoms with van der Waals surface area (Å²) in [6, 6.07) is 8.16. The van der Waals surface area contributed by atoms with E-state index in [-0.39, 0.29) is 6.04 Å². The zero-order valence-electron chi connectivity index (χ0n) is 12.2. The van der Waals surface area contributed by atoms with E-state index < -0.39 is 10.2 Å². The van der Waals surface area contributed by atoms with Gasteiger partial charge in [-0.2, -0.15) is 17.4 Å². The van der Waals surface area contributed by atoms with Crippen LogP contribution in [0.3, 0.4) is 0 Å². The van der Waals surface area contributed by atoms with Crippen LogP contribution in [0.2, 0.25) is 0 Å². The number of fused-ring (bicyclic) bond motifs is 1. The molecule has 0 bridgehead atoms. The maximum Gasteiger partial charge on any atom is 0.279 e. The molecule has 3 rings (SSSR count). The number of nitrogens with one attached hydrogen (secondary N) is 1. The third-order valence-corrected chi connectivity index (χ3v) is 6.29. The molecule has 6 heteroatoms. The van der Waals surface area contributed by atoms with Gasteiger partial charge in [0.05, 0.1) is 0 Å². The lowest BCUT2D eigenvalue weighted by Crippen LogP contribution is -2.49. The lowest BCUT2D eigenvalue weighted by atomic mass is 9.99. The third-order valence-electron chi connectivity index (χ3n) is 4.61. The Balaban J connectivity index is 1.60. The predicted molar refractivity (Wildman–Crippen MR) is 83.0 cm³/mol. The van der Waals surface area contributed by atoms with Crippen LogP contribution in [-0.2, 0) is 23.1 Å². The van der Waals surface area contributed by atoms with E-state index in [1.54, 1.807) is 4.31 Å². The fraction of sp³-hybridized carbons (Fsp3) is 0.600. The minimum Gasteiger partial charge on any atom is -0.330 e. The second kappa shape index (κ2) is 6.04. The van der Waals surface area contributed by atoms with E-state index >= 15 is 0 Å². The first-order chi connectivity index (χ1) is 10.1. The van der Waals surface area contributed by atoms with E-state index in [9.17, 15) is 8.42 Å². The summed E-state index contributed by atoms with van der Waals surface area (Å²) in [6.07, 6.45) is 3.30. The van der Waals surface area contributed by atoms with Gasteiger partial charge in [-0.3, -0.25) is 0 Å². The minimum atomic E-state index is -3.37. The number of rotatable bonds is 4. The summed E-state index contributed by atoms with van der Waals surface area (Å²) in [6.45, 7) is 1.81. The van der Waals surface area contributed by atoms with Gasteiger partial charge in [-0.25, -0.2) is 0 Å². The summed E-state index contributed by atoms with van der Waals surface area (Å²) in [4.78, 5) is 0. The van der Waals surface area contributed by atoms with E-state index in [0.29, 0.717) is 25.6 Å². The molecule has 1 aromatic carbocycles. The van der Waals surface area contributed by atoms with E-state index in [4.69, 9.17) is 5.73 Å². The molecule has 0 aromatic heterocycles. The van der Waals surface area contributed by atoms with Crippen molar-refractivity contribution in [3.05, 3.63) is 35.4 Å². The Morgan fingerprint density at radius 2 is 1.71 bits per heavy atom. The number of nitrogens with zero attached hydrogens (tertiary/aromatic N) is 1. The predicted octanol–water partition coefficient (Wildman–Crippen LogP) is 0.659. The molecule has 0 unspecified atom stereocenters. The van der Waals surface area contributed by atoms with Crippen LogP contribution in [-0.4, -0.2) is 38.4 Å². The van der Waals surface area contributed by atoms with Crippen molar-refractivity contribution < 1.29 is 8.42 Å². The van der Waals surface area contributed by atoms with E-state index in [0.717, 1.165) is 25.7 Å². The Labute approximate surface area is 126 Å². The van der Waals surface area contributed by atoms with Gasteiger partial charge in [-0.15, -0.1) is 0 Å². The van der Waals surface area contributed by atoms with Gasteiger partial charge in [0.15, 0.2) is 0 Å². The summed E-state index contributed by atoms with van der Waals surface area (Å²) in [5.74, 6) is 0.465. The van der Waals surface area contributed by atoms with Crippen molar-refractivity contribution in [1.82, 2.24) is 9.03 Å². The largest absolute Gasteiger partial charge is 0.330 e. The molecule has 116 valence electrons. The highest BCUT2D eigenvalue weighted by atomic mass is 32.2. The van der Waals surface area contributed by atoms with Gasteiger partial charge in [0.2, 0.25) is 0 Å². The SMILES string of the molecule is NCC1CCN(S(=O)(=O)NC2Cc3ccccc3C2)CC1. The van der Waals surface area contributed by atoms with Gasteiger partial charge in [0.25, 0.3) is 10.2 Å². The van der Waals surface area contributed by atoms with Gasteiger partial charge in [0, 0.05) is 19.1 Å². The molecule has 0 saturated carbocycles. The van der Waals surface area contributed by atoms with Crippen LogP contribution in [0.1, 0.15) is 24.0 Å². The van der Waals surface area contributed by atoms with E-state index in [1.807, 2.05) is 12.1 Å². The first-order valence-corrected chi connectivity index (χ1v) is 9.07. The van der Waals surface area contributed by atoms with Crippen molar-refractivity contribution in [2.75, 3.05) is 19.6 Å². The molecule has 1 aliphatic heterocycles. The van der Waals surface area contributed by atoms with Crippen molar-refractivity contribution in [1.29, 1.82) is 0 Å². The summed E-state index contributed by atoms with van der Waals surface area (Å²) >= 11 is 0. The zero-order chi connectivity index (χ0) is 14.9. The highest BCUT2D eigenvalue weighted by molar-refractivity contribution is 7.87. The first kappa shape index (κ1) is 15.0. The van der Waals surface area contributed by atoms with Crippen LogP contribution in [0.5, 0.6) is 0 Å². The summed E-state index contributed by atoms with van der Waals surface area (Å²) in [7, 11) is -3.37. The van der Waals surface area contributed by atoms with Crippen molar-refractivity contribution in [3.63, 3.8) is 0 Å². The maximum absolute atomic E-state index is 12.5. The average Bonchev–Trinajstić information content (AvgIpc) is 2.88. The van der Waals surface area contributed by atoms with Crippen LogP contribution in [0.15, 0.2) is 24.3 Å². The number of hydrogen-bond acceptors (Lipinski definition) is 3. The molecule has 1 aliphatic carbocycles. The van der Waals surface area contributed by atoms with Crippen molar-refractivity contribution >= 4 is 10.2 Å². The minimum absolute atomic E-state index is 0.0142. The number of benzene rings is 1. The van der Waals surface area contributed by atoms with Crippen LogP contribution in [0.4, 0.5) is 0 Å². The standard InChI is InChI=1S/C15H23N3O2S/c16-11-12-5-7-18(8-6-12)21(19,20)17-15-9-13-3-1-2-4-14(13)10-15/h1-4,12,15,17H,5-11,16H2. The molecule has 21 heavy (non-hydrogen) atoms. The number of piperidine rings is 1. The zero-order valence-corrected chi connectivity index (χ0v) is 13.0. The Morgan fingerprint density at radius 3 is 2.24 bits per heavy atom. The van der Waals surface area contributed by atoms with Gasteiger partial charge in [-0.05, 0) is 49.3 Å². The molecular formula is C15H23N3O2S. The fourth-order valence-corrected chi connectivity index (χ4v) is 4.74. The maximum atomic E-state index is 12.5. The van der Waals surface area contributed by atoms with Gasteiger partial charge >= 0.3 is 0 Å². The molecule has 3 N–H and O–H groups in total. The second-order valence-electron chi connectivity index (χ2n) is 6.07. The Bertz CT molecular complexity index is 570. The van der Waals surface area contributed by atoms with Crippen LogP contribution in [0.25, 0.3) is 0 Å². The Morgan fingerprint density at radius 1 is 1.14 bits per heavy atom. The summed E-state index contributed by atoms with van der Waals surface area (Å²) < 4.78 is 29.4. The van der Waals surface area contributed by atoms with E-state index in [1.165, 1.54) is 11.1 Å². The van der Waals surface area contributed by atoms with E-state index in [2.05, 4.69) is 16.9 Å². The molecule has 2 aliphatic rings. The molecule has 0 atom stereocenters. The normalized spacial score (nSPS) is 21.6. The summed E-state index contributed by atoms with van der Waals surface area (Å²) in [5.41, 5.74) is 8.17. The molecule has 1 saturated heterocycles. The quantitative estimate of drug-likeness (QED) is 0.858. The number of hydrogen-bond donors (Lipinski definition) is 2. The molecule has 5 nitrogen and oxygen atoms in total. The highest BCUT2D eigenvalue weighted by Crippen LogP contribution is 2.23. The fourth-order valence-electron chi connectivity index (χ4n) is 3.31. The molecular weight excluding hydrogens is 286 g/mol. The highest BCUT2D eigenvalue weighted by Gasteiger charge is 2.31. The van der Waals surface area contributed by atoms with Crippen molar-refractivity contribution in [2.24, 2.45) is 11.7 Å². The van der Waals surface area contributed by atoms with Gasteiger partial charge < -0.3 is 5.73 Å². The lowest BCUT2D eigenvalue weighted by Gasteiger charge is -2.31. The Hall–Kier alpha value is -0.950. The number of nitrogens with two attached hydrogens (primary N) is 1. The molecule has 1 aromatic rings. The second-order valence-corrected chi connectivity index (χ2v) is 7.78. The van der Waals surface area contributed by atoms with Gasteiger partial charge in [-0.1, -0.05) is 24.3 Å². The Kier molecular flexibility index (Phi) is 4.31. The molecule has 0 radical (unpaired) electrons. The van der Waals surface area contributed by atoms with Crippen LogP contribution < -0.4 is 10.5 Å². The monoisotopic (exact) mass is 309 g/mol. The third kappa shape index (κ3) is 3.29. The molecule has 0 spiro atoms. The van der Waals surface area contributed by atoms with Crippen LogP contribution >= 0.6 is 0 Å². The topological polar surface area (TPSA) is 75.4 Å². The lowest BCUT2D eigenvalue weighted by molar-refractivity contribution is 0.274. The average molecular weight is 309 g/mol. The molecule has 1 fully saturated rings. The smallest absolute Gasteiger partial charge is 0.279 e. The van der Waals surface area contributed by atoms with Crippen LogP contribution in [0, 0.1) is 5.92 Å². The van der Waals surface area contributed by atoms with Crippen molar-refractivity contribution in [2.45, 2.75) is 31.7 Å². The summed E-state index contributed by atoms with van der Waals surface area (Å²) in [5, 5.41) is 0. The molecule has 0 amide bonds. The first-order valence-electron chi connectivity index (χ1n) is 7.63.